The summed E-state index contributed by atoms with van der Waals surface area (Å²) in [4.78, 5) is 19.7. The molecule has 0 saturated carbocycles. The Labute approximate surface area is 116 Å². The van der Waals surface area contributed by atoms with E-state index in [9.17, 15) is 4.79 Å². The van der Waals surface area contributed by atoms with Crippen molar-refractivity contribution in [2.75, 3.05) is 6.61 Å². The predicted molar refractivity (Wildman–Crippen MR) is 72.5 cm³/mol. The Morgan fingerprint density at radius 1 is 1.37 bits per heavy atom. The van der Waals surface area contributed by atoms with Crippen molar-refractivity contribution in [3.8, 4) is 5.75 Å². The Kier molecular flexibility index (Phi) is 4.47. The number of ketones is 1. The van der Waals surface area contributed by atoms with Gasteiger partial charge in [-0.1, -0.05) is 24.6 Å². The topological polar surface area (TPSA) is 52.1 Å². The van der Waals surface area contributed by atoms with E-state index < -0.39 is 0 Å². The van der Waals surface area contributed by atoms with Crippen molar-refractivity contribution in [2.45, 2.75) is 6.92 Å². The van der Waals surface area contributed by atoms with Crippen molar-refractivity contribution >= 4 is 17.4 Å². The van der Waals surface area contributed by atoms with Gasteiger partial charge in [0.25, 0.3) is 0 Å². The Balaban J connectivity index is 1.95. The van der Waals surface area contributed by atoms with E-state index in [1.54, 1.807) is 31.2 Å². The van der Waals surface area contributed by atoms with Crippen LogP contribution in [0.3, 0.4) is 0 Å². The van der Waals surface area contributed by atoms with Crippen LogP contribution in [0.25, 0.3) is 0 Å². The highest BCUT2D eigenvalue weighted by atomic mass is 35.5. The van der Waals surface area contributed by atoms with Gasteiger partial charge in [0.2, 0.25) is 0 Å². The third kappa shape index (κ3) is 3.76. The summed E-state index contributed by atoms with van der Waals surface area (Å²) in [6.07, 6.45) is 4.40. The molecular formula is C14H13ClN2O2. The van der Waals surface area contributed by atoms with Crippen LogP contribution in [0.2, 0.25) is 5.02 Å². The van der Waals surface area contributed by atoms with Gasteiger partial charge in [-0.2, -0.15) is 0 Å². The first-order chi connectivity index (χ1) is 9.16. The van der Waals surface area contributed by atoms with Crippen molar-refractivity contribution in [2.24, 2.45) is 5.92 Å². The molecule has 0 spiro atoms. The van der Waals surface area contributed by atoms with Crippen LogP contribution in [-0.2, 0) is 0 Å². The van der Waals surface area contributed by atoms with Gasteiger partial charge in [0.05, 0.1) is 18.1 Å². The van der Waals surface area contributed by atoms with Crippen LogP contribution >= 0.6 is 11.6 Å². The van der Waals surface area contributed by atoms with Crippen molar-refractivity contribution in [1.29, 1.82) is 0 Å². The molecule has 0 bridgehead atoms. The fraction of sp³-hybridized carbons (Fsp3) is 0.214. The number of rotatable bonds is 5. The molecule has 1 heterocycles. The van der Waals surface area contributed by atoms with Crippen LogP contribution in [-0.4, -0.2) is 22.4 Å². The number of nitrogens with zero attached hydrogens (tertiary/aromatic N) is 2. The fourth-order valence-corrected chi connectivity index (χ4v) is 1.74. The lowest BCUT2D eigenvalue weighted by Crippen LogP contribution is -2.19. The van der Waals surface area contributed by atoms with Crippen LogP contribution < -0.4 is 4.74 Å². The quantitative estimate of drug-likeness (QED) is 0.788. The minimum atomic E-state index is -0.273. The predicted octanol–water partition coefficient (Wildman–Crippen LogP) is 3.03. The molecule has 0 aliphatic carbocycles. The molecule has 0 aliphatic rings. The van der Waals surface area contributed by atoms with Crippen LogP contribution in [0.4, 0.5) is 0 Å². The molecule has 0 radical (unpaired) electrons. The number of carbonyl (C=O) groups is 1. The van der Waals surface area contributed by atoms with E-state index in [1.165, 1.54) is 18.7 Å². The minimum absolute atomic E-state index is 0.0392. The maximum absolute atomic E-state index is 12.0. The Morgan fingerprint density at radius 3 is 2.79 bits per heavy atom. The van der Waals surface area contributed by atoms with E-state index >= 15 is 0 Å². The maximum atomic E-state index is 12.0. The summed E-state index contributed by atoms with van der Waals surface area (Å²) in [5.74, 6) is 0.337. The van der Waals surface area contributed by atoms with E-state index in [4.69, 9.17) is 16.3 Å². The number of halogens is 1. The molecule has 1 aromatic heterocycles. The van der Waals surface area contributed by atoms with Crippen LogP contribution in [0.1, 0.15) is 17.3 Å². The van der Waals surface area contributed by atoms with Gasteiger partial charge >= 0.3 is 0 Å². The molecule has 0 saturated heterocycles. The molecule has 0 amide bonds. The molecule has 19 heavy (non-hydrogen) atoms. The Hall–Kier alpha value is -1.94. The van der Waals surface area contributed by atoms with Crippen LogP contribution in [0.5, 0.6) is 5.75 Å². The molecule has 1 unspecified atom stereocenters. The first-order valence-corrected chi connectivity index (χ1v) is 6.22. The molecule has 98 valence electrons. The summed E-state index contributed by atoms with van der Waals surface area (Å²) in [5.41, 5.74) is 0.490. The van der Waals surface area contributed by atoms with Crippen LogP contribution in [0, 0.1) is 5.92 Å². The largest absolute Gasteiger partial charge is 0.493 e. The van der Waals surface area contributed by atoms with Gasteiger partial charge in [-0.15, -0.1) is 0 Å². The molecule has 1 aromatic carbocycles. The zero-order chi connectivity index (χ0) is 13.7. The first-order valence-electron chi connectivity index (χ1n) is 5.84. The second-order valence-corrected chi connectivity index (χ2v) is 4.60. The lowest BCUT2D eigenvalue weighted by atomic mass is 10.0. The van der Waals surface area contributed by atoms with Gasteiger partial charge in [-0.3, -0.25) is 4.79 Å². The summed E-state index contributed by atoms with van der Waals surface area (Å²) < 4.78 is 5.55. The Bertz CT molecular complexity index is 560. The monoisotopic (exact) mass is 276 g/mol. The first kappa shape index (κ1) is 13.5. The molecule has 0 aliphatic heterocycles. The van der Waals surface area contributed by atoms with E-state index in [-0.39, 0.29) is 18.3 Å². The van der Waals surface area contributed by atoms with Crippen molar-refractivity contribution in [3.05, 3.63) is 53.6 Å². The highest BCUT2D eigenvalue weighted by molar-refractivity contribution is 6.30. The maximum Gasteiger partial charge on any atom is 0.172 e. The number of hydrogen-bond donors (Lipinski definition) is 0. The van der Waals surface area contributed by atoms with Gasteiger partial charge in [-0.25, -0.2) is 9.97 Å². The SMILES string of the molecule is CC(COc1cccc(Cl)c1)C(=O)c1cncnc1. The van der Waals surface area contributed by atoms with E-state index in [2.05, 4.69) is 9.97 Å². The average molecular weight is 277 g/mol. The lowest BCUT2D eigenvalue weighted by molar-refractivity contribution is 0.0888. The molecule has 0 N–H and O–H groups in total. The summed E-state index contributed by atoms with van der Waals surface area (Å²) in [7, 11) is 0. The molecular weight excluding hydrogens is 264 g/mol. The van der Waals surface area contributed by atoms with Crippen molar-refractivity contribution in [1.82, 2.24) is 9.97 Å². The van der Waals surface area contributed by atoms with E-state index in [0.29, 0.717) is 16.3 Å². The molecule has 0 fully saturated rings. The molecule has 4 nitrogen and oxygen atoms in total. The molecule has 5 heteroatoms. The number of aromatic nitrogens is 2. The molecule has 1 atom stereocenters. The molecule has 2 rings (SSSR count). The zero-order valence-corrected chi connectivity index (χ0v) is 11.2. The number of hydrogen-bond acceptors (Lipinski definition) is 4. The van der Waals surface area contributed by atoms with Gasteiger partial charge in [0, 0.05) is 17.4 Å². The van der Waals surface area contributed by atoms with Crippen molar-refractivity contribution < 1.29 is 9.53 Å². The number of Topliss-reactive ketones (excluding diaryl/α,β-unsaturated/α-hetero) is 1. The Morgan fingerprint density at radius 2 is 2.11 bits per heavy atom. The molecule has 2 aromatic rings. The third-order valence-electron chi connectivity index (χ3n) is 2.59. The van der Waals surface area contributed by atoms with Gasteiger partial charge < -0.3 is 4.74 Å². The van der Waals surface area contributed by atoms with Crippen molar-refractivity contribution in [3.63, 3.8) is 0 Å². The smallest absolute Gasteiger partial charge is 0.172 e. The fourth-order valence-electron chi connectivity index (χ4n) is 1.56. The normalized spacial score (nSPS) is 11.9. The minimum Gasteiger partial charge on any atom is -0.493 e. The summed E-state index contributed by atoms with van der Waals surface area (Å²) in [5, 5.41) is 0.605. The standard InChI is InChI=1S/C14H13ClN2O2/c1-10(14(18)11-6-16-9-17-7-11)8-19-13-4-2-3-12(15)5-13/h2-7,9-10H,8H2,1H3. The zero-order valence-electron chi connectivity index (χ0n) is 10.4. The summed E-state index contributed by atoms with van der Waals surface area (Å²) in [6, 6.07) is 7.08. The van der Waals surface area contributed by atoms with Crippen LogP contribution in [0.15, 0.2) is 43.0 Å². The summed E-state index contributed by atoms with van der Waals surface area (Å²) >= 11 is 5.86. The van der Waals surface area contributed by atoms with Gasteiger partial charge in [0.15, 0.2) is 5.78 Å². The lowest BCUT2D eigenvalue weighted by Gasteiger charge is -2.12. The second kappa shape index (κ2) is 6.29. The number of benzene rings is 1. The van der Waals surface area contributed by atoms with Gasteiger partial charge in [0.1, 0.15) is 12.1 Å². The number of ether oxygens (including phenoxy) is 1. The summed E-state index contributed by atoms with van der Waals surface area (Å²) in [6.45, 7) is 2.09. The van der Waals surface area contributed by atoms with E-state index in [1.807, 2.05) is 0 Å². The number of carbonyl (C=O) groups excluding carboxylic acids is 1. The second-order valence-electron chi connectivity index (χ2n) is 4.16. The highest BCUT2D eigenvalue weighted by Crippen LogP contribution is 2.18. The highest BCUT2D eigenvalue weighted by Gasteiger charge is 2.16. The van der Waals surface area contributed by atoms with E-state index in [0.717, 1.165) is 0 Å². The average Bonchev–Trinajstić information content (AvgIpc) is 2.45. The third-order valence-corrected chi connectivity index (χ3v) is 2.82. The van der Waals surface area contributed by atoms with Gasteiger partial charge in [-0.05, 0) is 18.2 Å².